The Balaban J connectivity index is 1.80. The molecule has 6 nitrogen and oxygen atoms in total. The summed E-state index contributed by atoms with van der Waals surface area (Å²) in [7, 11) is 2.17. The summed E-state index contributed by atoms with van der Waals surface area (Å²) in [5.41, 5.74) is 17.9. The number of ether oxygens (including phenoxy) is 1. The van der Waals surface area contributed by atoms with Crippen LogP contribution < -0.4 is 21.1 Å². The summed E-state index contributed by atoms with van der Waals surface area (Å²) in [5.74, 6) is 2.62. The lowest BCUT2D eigenvalue weighted by Crippen LogP contribution is -2.33. The molecule has 168 valence electrons. The maximum atomic E-state index is 6.62. The number of fused-ring (bicyclic) bond motifs is 3. The molecule has 2 aromatic rings. The minimum absolute atomic E-state index is 0.154. The third-order valence-corrected chi connectivity index (χ3v) is 7.29. The van der Waals surface area contributed by atoms with Gasteiger partial charge >= 0.3 is 0 Å². The monoisotopic (exact) mass is 441 g/mol. The normalized spacial score (nSPS) is 21.8. The standard InChI is InChI=1S/C24H35N5OS/c1-24(2)13-18-17(21-20(24)23(26)28-14-27-21)9-10-19(22(18)29(3)11-12-31-4)30-16-7-5-15(25)6-8-16/h9-10,14-16H,5-8,11-13,25H2,1-4H3,(H2,26,27,28)/t15-,16+. The maximum Gasteiger partial charge on any atom is 0.143 e. The van der Waals surface area contributed by atoms with Gasteiger partial charge in [0.05, 0.1) is 17.5 Å². The summed E-state index contributed by atoms with van der Waals surface area (Å²) in [4.78, 5) is 11.3. The summed E-state index contributed by atoms with van der Waals surface area (Å²) >= 11 is 1.86. The van der Waals surface area contributed by atoms with E-state index < -0.39 is 0 Å². The Kier molecular flexibility index (Phi) is 6.35. The Bertz CT molecular complexity index is 940. The van der Waals surface area contributed by atoms with Crippen molar-refractivity contribution in [3.8, 4) is 17.0 Å². The highest BCUT2D eigenvalue weighted by Crippen LogP contribution is 2.49. The van der Waals surface area contributed by atoms with Crippen LogP contribution in [-0.4, -0.2) is 47.7 Å². The first-order valence-corrected chi connectivity index (χ1v) is 12.6. The third-order valence-electron chi connectivity index (χ3n) is 6.70. The largest absolute Gasteiger partial charge is 0.488 e. The van der Waals surface area contributed by atoms with Crippen LogP contribution in [0.15, 0.2) is 18.5 Å². The minimum atomic E-state index is -0.154. The molecule has 0 radical (unpaired) electrons. The summed E-state index contributed by atoms with van der Waals surface area (Å²) in [6, 6.07) is 4.60. The van der Waals surface area contributed by atoms with Crippen LogP contribution in [0.3, 0.4) is 0 Å². The molecule has 0 amide bonds. The van der Waals surface area contributed by atoms with E-state index in [1.807, 2.05) is 11.8 Å². The summed E-state index contributed by atoms with van der Waals surface area (Å²) in [6.07, 6.45) is 8.93. The molecule has 4 N–H and O–H groups in total. The predicted molar refractivity (Wildman–Crippen MR) is 131 cm³/mol. The number of rotatable bonds is 6. The lowest BCUT2D eigenvalue weighted by atomic mass is 9.71. The smallest absolute Gasteiger partial charge is 0.143 e. The van der Waals surface area contributed by atoms with Crippen molar-refractivity contribution < 1.29 is 4.74 Å². The van der Waals surface area contributed by atoms with E-state index in [1.165, 1.54) is 11.3 Å². The summed E-state index contributed by atoms with van der Waals surface area (Å²) in [6.45, 7) is 5.43. The van der Waals surface area contributed by atoms with E-state index in [9.17, 15) is 0 Å². The zero-order valence-corrected chi connectivity index (χ0v) is 20.0. The van der Waals surface area contributed by atoms with Crippen LogP contribution in [0.4, 0.5) is 11.5 Å². The van der Waals surface area contributed by atoms with Gasteiger partial charge in [-0.05, 0) is 61.5 Å². The van der Waals surface area contributed by atoms with Gasteiger partial charge in [-0.15, -0.1) is 0 Å². The maximum absolute atomic E-state index is 6.62. The number of hydrogen-bond donors (Lipinski definition) is 2. The third kappa shape index (κ3) is 4.35. The lowest BCUT2D eigenvalue weighted by molar-refractivity contribution is 0.147. The van der Waals surface area contributed by atoms with Gasteiger partial charge in [0.2, 0.25) is 0 Å². The molecule has 31 heavy (non-hydrogen) atoms. The molecule has 7 heteroatoms. The van der Waals surface area contributed by atoms with Crippen LogP contribution in [0.2, 0.25) is 0 Å². The van der Waals surface area contributed by atoms with E-state index in [1.54, 1.807) is 6.33 Å². The fourth-order valence-electron chi connectivity index (χ4n) is 5.06. The van der Waals surface area contributed by atoms with Gasteiger partial charge in [0.1, 0.15) is 17.9 Å². The van der Waals surface area contributed by atoms with Crippen molar-refractivity contribution in [3.63, 3.8) is 0 Å². The van der Waals surface area contributed by atoms with Gasteiger partial charge in [-0.1, -0.05) is 13.8 Å². The molecule has 1 fully saturated rings. The topological polar surface area (TPSA) is 90.3 Å². The first-order valence-electron chi connectivity index (χ1n) is 11.2. The Morgan fingerprint density at radius 3 is 2.65 bits per heavy atom. The van der Waals surface area contributed by atoms with Gasteiger partial charge in [0, 0.05) is 36.5 Å². The number of benzene rings is 1. The van der Waals surface area contributed by atoms with Gasteiger partial charge in [0.15, 0.2) is 0 Å². The zero-order chi connectivity index (χ0) is 22.2. The number of anilines is 2. The molecule has 1 saturated carbocycles. The van der Waals surface area contributed by atoms with Crippen molar-refractivity contribution in [2.75, 3.05) is 36.2 Å². The van der Waals surface area contributed by atoms with Crippen LogP contribution in [0, 0.1) is 0 Å². The first kappa shape index (κ1) is 22.2. The van der Waals surface area contributed by atoms with Crippen molar-refractivity contribution in [2.24, 2.45) is 5.73 Å². The molecule has 1 aromatic heterocycles. The summed E-state index contributed by atoms with van der Waals surface area (Å²) < 4.78 is 6.62. The second-order valence-electron chi connectivity index (χ2n) is 9.55. The molecule has 1 heterocycles. The molecular formula is C24H35N5OS. The van der Waals surface area contributed by atoms with Gasteiger partial charge < -0.3 is 21.1 Å². The van der Waals surface area contributed by atoms with Gasteiger partial charge in [0.25, 0.3) is 0 Å². The van der Waals surface area contributed by atoms with Crippen LogP contribution in [-0.2, 0) is 11.8 Å². The molecule has 4 rings (SSSR count). The van der Waals surface area contributed by atoms with Crippen molar-refractivity contribution in [1.29, 1.82) is 0 Å². The molecule has 0 saturated heterocycles. The highest BCUT2D eigenvalue weighted by Gasteiger charge is 2.37. The van der Waals surface area contributed by atoms with Crippen molar-refractivity contribution in [3.05, 3.63) is 29.6 Å². The molecule has 2 aliphatic carbocycles. The number of thioether (sulfide) groups is 1. The van der Waals surface area contributed by atoms with Gasteiger partial charge in [-0.3, -0.25) is 0 Å². The summed E-state index contributed by atoms with van der Waals surface area (Å²) in [5, 5.41) is 0. The van der Waals surface area contributed by atoms with Crippen LogP contribution in [0.1, 0.15) is 50.7 Å². The molecule has 2 aliphatic rings. The van der Waals surface area contributed by atoms with E-state index in [0.717, 1.165) is 67.0 Å². The molecule has 0 unspecified atom stereocenters. The number of nitrogens with two attached hydrogens (primary N) is 2. The van der Waals surface area contributed by atoms with E-state index in [0.29, 0.717) is 11.9 Å². The van der Waals surface area contributed by atoms with Crippen LogP contribution in [0.25, 0.3) is 11.3 Å². The second-order valence-corrected chi connectivity index (χ2v) is 10.5. The quantitative estimate of drug-likeness (QED) is 0.700. The van der Waals surface area contributed by atoms with E-state index in [2.05, 4.69) is 54.2 Å². The van der Waals surface area contributed by atoms with E-state index in [4.69, 9.17) is 16.2 Å². The molecule has 0 spiro atoms. The average Bonchev–Trinajstić information content (AvgIpc) is 2.73. The van der Waals surface area contributed by atoms with Crippen LogP contribution in [0.5, 0.6) is 5.75 Å². The van der Waals surface area contributed by atoms with Gasteiger partial charge in [-0.25, -0.2) is 9.97 Å². The fraction of sp³-hybridized carbons (Fsp3) is 0.583. The number of nitrogens with zero attached hydrogens (tertiary/aromatic N) is 3. The SMILES string of the molecule is CSCCN(C)c1c(O[C@H]2CC[C@@H](N)CC2)ccc2c1CC(C)(C)c1c(N)ncnc1-2. The van der Waals surface area contributed by atoms with E-state index in [-0.39, 0.29) is 11.5 Å². The fourth-order valence-corrected chi connectivity index (χ4v) is 5.51. The minimum Gasteiger partial charge on any atom is -0.488 e. The van der Waals surface area contributed by atoms with Crippen molar-refractivity contribution in [2.45, 2.75) is 63.5 Å². The lowest BCUT2D eigenvalue weighted by Gasteiger charge is -2.37. The Morgan fingerprint density at radius 2 is 1.94 bits per heavy atom. The highest BCUT2D eigenvalue weighted by atomic mass is 32.2. The molecular weight excluding hydrogens is 406 g/mol. The number of aromatic nitrogens is 2. The predicted octanol–water partition coefficient (Wildman–Crippen LogP) is 4.01. The van der Waals surface area contributed by atoms with Crippen molar-refractivity contribution in [1.82, 2.24) is 9.97 Å². The zero-order valence-electron chi connectivity index (χ0n) is 19.1. The molecule has 0 bridgehead atoms. The average molecular weight is 442 g/mol. The Hall–Kier alpha value is -1.99. The Labute approximate surface area is 190 Å². The van der Waals surface area contributed by atoms with Crippen LogP contribution >= 0.6 is 11.8 Å². The molecule has 0 atom stereocenters. The number of hydrogen-bond acceptors (Lipinski definition) is 7. The van der Waals surface area contributed by atoms with Gasteiger partial charge in [-0.2, -0.15) is 11.8 Å². The first-order chi connectivity index (χ1) is 14.8. The number of nitrogen functional groups attached to an aromatic ring is 1. The Morgan fingerprint density at radius 1 is 1.19 bits per heavy atom. The van der Waals surface area contributed by atoms with Crippen molar-refractivity contribution >= 4 is 23.3 Å². The second kappa shape index (κ2) is 8.87. The molecule has 0 aliphatic heterocycles. The highest BCUT2D eigenvalue weighted by molar-refractivity contribution is 7.98. The van der Waals surface area contributed by atoms with E-state index >= 15 is 0 Å². The molecule has 1 aromatic carbocycles.